The molecule has 3 N–H and O–H groups in total. The number of carbonyl (C=O) groups is 1. The highest BCUT2D eigenvalue weighted by atomic mass is 16.3. The summed E-state index contributed by atoms with van der Waals surface area (Å²) in [6, 6.07) is 3.77. The average molecular weight is 263 g/mol. The summed E-state index contributed by atoms with van der Waals surface area (Å²) in [5, 5.41) is 8.91. The smallest absolute Gasteiger partial charge is 0.254 e. The van der Waals surface area contributed by atoms with Crippen LogP contribution in [0.4, 0.5) is 0 Å². The number of nitrogens with zero attached hydrogens (tertiary/aromatic N) is 2. The van der Waals surface area contributed by atoms with E-state index in [1.165, 1.54) is 0 Å². The molecule has 0 spiro atoms. The minimum Gasteiger partial charge on any atom is -0.396 e. The van der Waals surface area contributed by atoms with Gasteiger partial charge in [0.25, 0.3) is 5.91 Å². The molecule has 2 heterocycles. The van der Waals surface area contributed by atoms with Gasteiger partial charge in [0.05, 0.1) is 5.69 Å². The number of rotatable bonds is 5. The van der Waals surface area contributed by atoms with Gasteiger partial charge in [-0.25, -0.2) is 0 Å². The molecule has 0 aromatic carbocycles. The quantitative estimate of drug-likeness (QED) is 0.828. The van der Waals surface area contributed by atoms with E-state index >= 15 is 0 Å². The Bertz CT molecular complexity index is 436. The number of aromatic nitrogens is 1. The number of hydrogen-bond donors (Lipinski definition) is 2. The maximum absolute atomic E-state index is 12.5. The van der Waals surface area contributed by atoms with Crippen LogP contribution in [0.2, 0.25) is 0 Å². The van der Waals surface area contributed by atoms with Gasteiger partial charge < -0.3 is 15.7 Å². The molecule has 2 rings (SSSR count). The Morgan fingerprint density at radius 2 is 2.42 bits per heavy atom. The van der Waals surface area contributed by atoms with Crippen LogP contribution in [0.25, 0.3) is 0 Å². The monoisotopic (exact) mass is 263 g/mol. The zero-order chi connectivity index (χ0) is 13.7. The van der Waals surface area contributed by atoms with Crippen LogP contribution in [0.15, 0.2) is 18.3 Å². The lowest BCUT2D eigenvalue weighted by Crippen LogP contribution is -2.35. The van der Waals surface area contributed by atoms with Gasteiger partial charge in [0.15, 0.2) is 0 Å². The second kappa shape index (κ2) is 6.63. The average Bonchev–Trinajstić information content (AvgIpc) is 2.92. The van der Waals surface area contributed by atoms with E-state index < -0.39 is 0 Å². The zero-order valence-corrected chi connectivity index (χ0v) is 11.1. The van der Waals surface area contributed by atoms with E-state index in [1.54, 1.807) is 18.3 Å². The fraction of sp³-hybridized carbons (Fsp3) is 0.571. The molecule has 1 amide bonds. The molecule has 5 heteroatoms. The summed E-state index contributed by atoms with van der Waals surface area (Å²) in [6.07, 6.45) is 5.32. The molecular formula is C14H21N3O2. The molecule has 1 atom stereocenters. The van der Waals surface area contributed by atoms with E-state index in [1.807, 2.05) is 4.90 Å². The first-order valence-corrected chi connectivity index (χ1v) is 6.83. The number of amides is 1. The number of carbonyl (C=O) groups excluding carboxylic acids is 1. The molecule has 1 aromatic heterocycles. The van der Waals surface area contributed by atoms with Crippen LogP contribution in [-0.4, -0.2) is 40.1 Å². The van der Waals surface area contributed by atoms with Gasteiger partial charge in [-0.1, -0.05) is 0 Å². The van der Waals surface area contributed by atoms with E-state index in [0.717, 1.165) is 37.9 Å². The van der Waals surface area contributed by atoms with Crippen molar-refractivity contribution in [3.05, 3.63) is 29.6 Å². The maximum Gasteiger partial charge on any atom is 0.254 e. The van der Waals surface area contributed by atoms with Crippen molar-refractivity contribution >= 4 is 5.91 Å². The van der Waals surface area contributed by atoms with Gasteiger partial charge in [-0.15, -0.1) is 0 Å². The largest absolute Gasteiger partial charge is 0.396 e. The lowest BCUT2D eigenvalue weighted by molar-refractivity contribution is 0.0724. The predicted molar refractivity (Wildman–Crippen MR) is 72.5 cm³/mol. The molecule has 0 aliphatic carbocycles. The second-order valence-electron chi connectivity index (χ2n) is 4.90. The van der Waals surface area contributed by atoms with Crippen LogP contribution in [-0.2, 0) is 6.54 Å². The van der Waals surface area contributed by atoms with Crippen LogP contribution in [0.1, 0.15) is 41.7 Å². The Morgan fingerprint density at radius 3 is 3.16 bits per heavy atom. The third-order valence-electron chi connectivity index (χ3n) is 3.61. The summed E-state index contributed by atoms with van der Waals surface area (Å²) in [4.78, 5) is 18.5. The standard InChI is InChI=1S/C14H21N3O2/c15-10-12-9-11(5-6-16-12)14(19)17-7-1-3-13(17)4-2-8-18/h5-6,9,13,18H,1-4,7-8,10,15H2. The fourth-order valence-electron chi connectivity index (χ4n) is 2.62. The molecule has 1 fully saturated rings. The van der Waals surface area contributed by atoms with Gasteiger partial charge in [0.2, 0.25) is 0 Å². The number of pyridine rings is 1. The van der Waals surface area contributed by atoms with Crippen LogP contribution in [0.3, 0.4) is 0 Å². The molecule has 1 aliphatic rings. The number of hydrogen-bond acceptors (Lipinski definition) is 4. The lowest BCUT2D eigenvalue weighted by atomic mass is 10.1. The highest BCUT2D eigenvalue weighted by Crippen LogP contribution is 2.23. The molecule has 1 saturated heterocycles. The number of nitrogens with two attached hydrogens (primary N) is 1. The fourth-order valence-corrected chi connectivity index (χ4v) is 2.62. The molecule has 0 bridgehead atoms. The first kappa shape index (κ1) is 14.0. The Kier molecular flexibility index (Phi) is 4.87. The molecule has 5 nitrogen and oxygen atoms in total. The number of aliphatic hydroxyl groups excluding tert-OH is 1. The minimum atomic E-state index is 0.0533. The Morgan fingerprint density at radius 1 is 1.58 bits per heavy atom. The molecular weight excluding hydrogens is 242 g/mol. The van der Waals surface area contributed by atoms with E-state index in [9.17, 15) is 4.79 Å². The Balaban J connectivity index is 2.09. The summed E-state index contributed by atoms with van der Waals surface area (Å²) in [5.74, 6) is 0.0533. The number of likely N-dealkylation sites (tertiary alicyclic amines) is 1. The summed E-state index contributed by atoms with van der Waals surface area (Å²) < 4.78 is 0. The van der Waals surface area contributed by atoms with Gasteiger partial charge in [0, 0.05) is 37.5 Å². The topological polar surface area (TPSA) is 79.5 Å². The highest BCUT2D eigenvalue weighted by Gasteiger charge is 2.28. The second-order valence-corrected chi connectivity index (χ2v) is 4.90. The van der Waals surface area contributed by atoms with Gasteiger partial charge in [0.1, 0.15) is 0 Å². The molecule has 0 saturated carbocycles. The predicted octanol–water partition coefficient (Wildman–Crippen LogP) is 0.917. The van der Waals surface area contributed by atoms with E-state index in [2.05, 4.69) is 4.98 Å². The molecule has 19 heavy (non-hydrogen) atoms. The first-order valence-electron chi connectivity index (χ1n) is 6.83. The van der Waals surface area contributed by atoms with Crippen LogP contribution in [0.5, 0.6) is 0 Å². The first-order chi connectivity index (χ1) is 9.26. The maximum atomic E-state index is 12.5. The van der Waals surface area contributed by atoms with Gasteiger partial charge in [-0.3, -0.25) is 9.78 Å². The summed E-state index contributed by atoms with van der Waals surface area (Å²) in [7, 11) is 0. The summed E-state index contributed by atoms with van der Waals surface area (Å²) >= 11 is 0. The van der Waals surface area contributed by atoms with Crippen molar-refractivity contribution in [1.82, 2.24) is 9.88 Å². The van der Waals surface area contributed by atoms with Crippen LogP contribution < -0.4 is 5.73 Å². The molecule has 104 valence electrons. The van der Waals surface area contributed by atoms with E-state index in [4.69, 9.17) is 10.8 Å². The Labute approximate surface area is 113 Å². The van der Waals surface area contributed by atoms with Crippen molar-refractivity contribution in [2.75, 3.05) is 13.2 Å². The van der Waals surface area contributed by atoms with Crippen molar-refractivity contribution < 1.29 is 9.90 Å². The molecule has 1 aliphatic heterocycles. The van der Waals surface area contributed by atoms with Crippen molar-refractivity contribution in [1.29, 1.82) is 0 Å². The minimum absolute atomic E-state index is 0.0533. The highest BCUT2D eigenvalue weighted by molar-refractivity contribution is 5.94. The zero-order valence-electron chi connectivity index (χ0n) is 11.1. The lowest BCUT2D eigenvalue weighted by Gasteiger charge is -2.24. The SMILES string of the molecule is NCc1cc(C(=O)N2CCCC2CCCO)ccn1. The van der Waals surface area contributed by atoms with Gasteiger partial charge in [-0.2, -0.15) is 0 Å². The van der Waals surface area contributed by atoms with Crippen molar-refractivity contribution in [3.63, 3.8) is 0 Å². The Hall–Kier alpha value is -1.46. The van der Waals surface area contributed by atoms with E-state index in [0.29, 0.717) is 12.1 Å². The van der Waals surface area contributed by atoms with E-state index in [-0.39, 0.29) is 18.6 Å². The van der Waals surface area contributed by atoms with Crippen LogP contribution in [0, 0.1) is 0 Å². The third kappa shape index (κ3) is 3.30. The van der Waals surface area contributed by atoms with Crippen molar-refractivity contribution in [3.8, 4) is 0 Å². The van der Waals surface area contributed by atoms with Crippen molar-refractivity contribution in [2.24, 2.45) is 5.73 Å². The number of aliphatic hydroxyl groups is 1. The molecule has 1 aromatic rings. The third-order valence-corrected chi connectivity index (χ3v) is 3.61. The van der Waals surface area contributed by atoms with Crippen LogP contribution >= 0.6 is 0 Å². The summed E-state index contributed by atoms with van der Waals surface area (Å²) in [5.41, 5.74) is 6.94. The normalized spacial score (nSPS) is 18.8. The van der Waals surface area contributed by atoms with Crippen molar-refractivity contribution in [2.45, 2.75) is 38.3 Å². The van der Waals surface area contributed by atoms with Gasteiger partial charge >= 0.3 is 0 Å². The van der Waals surface area contributed by atoms with Gasteiger partial charge in [-0.05, 0) is 37.8 Å². The molecule has 1 unspecified atom stereocenters. The summed E-state index contributed by atoms with van der Waals surface area (Å²) in [6.45, 7) is 1.33. The molecule has 0 radical (unpaired) electrons.